The number of ether oxygens (including phenoxy) is 2. The first-order valence-electron chi connectivity index (χ1n) is 6.71. The molecular formula is C15H21NO4. The van der Waals surface area contributed by atoms with E-state index in [1.54, 1.807) is 21.1 Å². The van der Waals surface area contributed by atoms with Gasteiger partial charge < -0.3 is 14.6 Å². The topological polar surface area (TPSA) is 59.0 Å². The van der Waals surface area contributed by atoms with Crippen molar-refractivity contribution in [2.24, 2.45) is 11.8 Å². The molecule has 1 aromatic carbocycles. The molecule has 2 rings (SSSR count). The third kappa shape index (κ3) is 3.04. The zero-order valence-corrected chi connectivity index (χ0v) is 12.1. The number of methoxy groups -OCH3 is 2. The third-order valence-electron chi connectivity index (χ3n) is 3.94. The molecule has 110 valence electrons. The zero-order valence-electron chi connectivity index (χ0n) is 12.1. The Balaban J connectivity index is 1.91. The summed E-state index contributed by atoms with van der Waals surface area (Å²) in [5.41, 5.74) is 1.14. The average molecular weight is 279 g/mol. The molecule has 1 aliphatic rings. The fourth-order valence-electron chi connectivity index (χ4n) is 2.49. The number of nitrogens with zero attached hydrogens (tertiary/aromatic N) is 1. The molecule has 0 saturated carbocycles. The van der Waals surface area contributed by atoms with Gasteiger partial charge in [-0.1, -0.05) is 13.0 Å². The van der Waals surface area contributed by atoms with Crippen LogP contribution in [0.2, 0.25) is 0 Å². The van der Waals surface area contributed by atoms with E-state index in [1.807, 2.05) is 18.2 Å². The van der Waals surface area contributed by atoms with Gasteiger partial charge in [-0.3, -0.25) is 9.69 Å². The van der Waals surface area contributed by atoms with Gasteiger partial charge in [0.2, 0.25) is 0 Å². The Labute approximate surface area is 119 Å². The maximum Gasteiger partial charge on any atom is 0.306 e. The van der Waals surface area contributed by atoms with Crippen LogP contribution in [0.1, 0.15) is 12.5 Å². The SMILES string of the molecule is COc1ccc(CN2CC(C(C)C(=O)O)C2)cc1OC. The van der Waals surface area contributed by atoms with Crippen molar-refractivity contribution in [3.63, 3.8) is 0 Å². The van der Waals surface area contributed by atoms with Crippen molar-refractivity contribution in [3.8, 4) is 11.5 Å². The minimum atomic E-state index is -0.708. The smallest absolute Gasteiger partial charge is 0.306 e. The molecule has 0 bridgehead atoms. The van der Waals surface area contributed by atoms with Gasteiger partial charge in [-0.05, 0) is 23.6 Å². The number of aliphatic carboxylic acids is 1. The van der Waals surface area contributed by atoms with Crippen molar-refractivity contribution in [2.75, 3.05) is 27.3 Å². The normalized spacial score (nSPS) is 17.4. The van der Waals surface area contributed by atoms with Crippen LogP contribution in [0.3, 0.4) is 0 Å². The van der Waals surface area contributed by atoms with Gasteiger partial charge in [-0.25, -0.2) is 0 Å². The maximum absolute atomic E-state index is 10.9. The molecular weight excluding hydrogens is 258 g/mol. The number of hydrogen-bond acceptors (Lipinski definition) is 4. The Bertz CT molecular complexity index is 483. The monoisotopic (exact) mass is 279 g/mol. The van der Waals surface area contributed by atoms with Gasteiger partial charge in [0, 0.05) is 19.6 Å². The fraction of sp³-hybridized carbons (Fsp3) is 0.533. The van der Waals surface area contributed by atoms with E-state index in [0.29, 0.717) is 0 Å². The van der Waals surface area contributed by atoms with Crippen LogP contribution in [0.5, 0.6) is 11.5 Å². The molecule has 5 nitrogen and oxygen atoms in total. The summed E-state index contributed by atoms with van der Waals surface area (Å²) in [6, 6.07) is 5.87. The van der Waals surface area contributed by atoms with Crippen molar-refractivity contribution < 1.29 is 19.4 Å². The van der Waals surface area contributed by atoms with Crippen LogP contribution >= 0.6 is 0 Å². The predicted octanol–water partition coefficient (Wildman–Crippen LogP) is 1.86. The lowest BCUT2D eigenvalue weighted by Crippen LogP contribution is -2.50. The average Bonchev–Trinajstić information content (AvgIpc) is 2.41. The van der Waals surface area contributed by atoms with E-state index in [2.05, 4.69) is 4.90 Å². The largest absolute Gasteiger partial charge is 0.493 e. The molecule has 1 fully saturated rings. The summed E-state index contributed by atoms with van der Waals surface area (Å²) in [4.78, 5) is 13.1. The Kier molecular flexibility index (Phi) is 4.49. The summed E-state index contributed by atoms with van der Waals surface area (Å²) in [7, 11) is 3.24. The van der Waals surface area contributed by atoms with Crippen LogP contribution < -0.4 is 9.47 Å². The lowest BCUT2D eigenvalue weighted by molar-refractivity contribution is -0.145. The summed E-state index contributed by atoms with van der Waals surface area (Å²) < 4.78 is 10.5. The molecule has 20 heavy (non-hydrogen) atoms. The highest BCUT2D eigenvalue weighted by atomic mass is 16.5. The van der Waals surface area contributed by atoms with Crippen LogP contribution in [-0.4, -0.2) is 43.3 Å². The zero-order chi connectivity index (χ0) is 14.7. The molecule has 1 unspecified atom stereocenters. The van der Waals surface area contributed by atoms with Crippen LogP contribution in [0.4, 0.5) is 0 Å². The van der Waals surface area contributed by atoms with Crippen molar-refractivity contribution in [1.82, 2.24) is 4.90 Å². The number of benzene rings is 1. The summed E-state index contributed by atoms with van der Waals surface area (Å²) in [5, 5.41) is 8.97. The van der Waals surface area contributed by atoms with E-state index in [4.69, 9.17) is 14.6 Å². The molecule has 1 aromatic rings. The summed E-state index contributed by atoms with van der Waals surface area (Å²) in [6.45, 7) is 4.26. The molecule has 0 spiro atoms. The van der Waals surface area contributed by atoms with Crippen LogP contribution in [-0.2, 0) is 11.3 Å². The summed E-state index contributed by atoms with van der Waals surface area (Å²) in [5.74, 6) is 0.725. The third-order valence-corrected chi connectivity index (χ3v) is 3.94. The highest BCUT2D eigenvalue weighted by Gasteiger charge is 2.34. The maximum atomic E-state index is 10.9. The highest BCUT2D eigenvalue weighted by Crippen LogP contribution is 2.30. The minimum Gasteiger partial charge on any atom is -0.493 e. The van der Waals surface area contributed by atoms with E-state index in [9.17, 15) is 4.79 Å². The number of carboxylic acid groups (broad SMARTS) is 1. The molecule has 0 amide bonds. The molecule has 0 aliphatic carbocycles. The van der Waals surface area contributed by atoms with Crippen molar-refractivity contribution in [2.45, 2.75) is 13.5 Å². The first-order chi connectivity index (χ1) is 9.55. The Hall–Kier alpha value is -1.75. The molecule has 0 aromatic heterocycles. The van der Waals surface area contributed by atoms with E-state index in [0.717, 1.165) is 36.7 Å². The van der Waals surface area contributed by atoms with Gasteiger partial charge in [0.1, 0.15) is 0 Å². The van der Waals surface area contributed by atoms with Crippen LogP contribution in [0.25, 0.3) is 0 Å². The van der Waals surface area contributed by atoms with Crippen molar-refractivity contribution in [1.29, 1.82) is 0 Å². The molecule has 1 saturated heterocycles. The van der Waals surface area contributed by atoms with Gasteiger partial charge in [0.05, 0.1) is 20.1 Å². The van der Waals surface area contributed by atoms with Crippen LogP contribution in [0.15, 0.2) is 18.2 Å². The molecule has 1 atom stereocenters. The first-order valence-corrected chi connectivity index (χ1v) is 6.71. The number of hydrogen-bond donors (Lipinski definition) is 1. The lowest BCUT2D eigenvalue weighted by atomic mass is 9.87. The first kappa shape index (κ1) is 14.7. The van der Waals surface area contributed by atoms with Gasteiger partial charge in [-0.2, -0.15) is 0 Å². The highest BCUT2D eigenvalue weighted by molar-refractivity contribution is 5.70. The molecule has 0 radical (unpaired) electrons. The number of carboxylic acids is 1. The quantitative estimate of drug-likeness (QED) is 0.861. The standard InChI is InChI=1S/C15H21NO4/c1-10(15(17)18)12-8-16(9-12)7-11-4-5-13(19-2)14(6-11)20-3/h4-6,10,12H,7-9H2,1-3H3,(H,17,18). The van der Waals surface area contributed by atoms with Crippen molar-refractivity contribution >= 4 is 5.97 Å². The summed E-state index contributed by atoms with van der Waals surface area (Å²) >= 11 is 0. The Morgan fingerprint density at radius 3 is 2.55 bits per heavy atom. The number of rotatable bonds is 6. The Morgan fingerprint density at radius 2 is 2.00 bits per heavy atom. The molecule has 1 aliphatic heterocycles. The van der Waals surface area contributed by atoms with Gasteiger partial charge in [0.15, 0.2) is 11.5 Å². The predicted molar refractivity (Wildman–Crippen MR) is 75.1 cm³/mol. The second kappa shape index (κ2) is 6.13. The number of carbonyl (C=O) groups is 1. The van der Waals surface area contributed by atoms with Gasteiger partial charge >= 0.3 is 5.97 Å². The minimum absolute atomic E-state index is 0.257. The lowest BCUT2D eigenvalue weighted by Gasteiger charge is -2.41. The molecule has 5 heteroatoms. The second-order valence-electron chi connectivity index (χ2n) is 5.27. The second-order valence-corrected chi connectivity index (χ2v) is 5.27. The van der Waals surface area contributed by atoms with E-state index < -0.39 is 5.97 Å². The van der Waals surface area contributed by atoms with Gasteiger partial charge in [-0.15, -0.1) is 0 Å². The fourth-order valence-corrected chi connectivity index (χ4v) is 2.49. The molecule has 1 heterocycles. The molecule has 1 N–H and O–H groups in total. The van der Waals surface area contributed by atoms with Gasteiger partial charge in [0.25, 0.3) is 0 Å². The van der Waals surface area contributed by atoms with Crippen molar-refractivity contribution in [3.05, 3.63) is 23.8 Å². The Morgan fingerprint density at radius 1 is 1.35 bits per heavy atom. The van der Waals surface area contributed by atoms with E-state index in [1.165, 1.54) is 0 Å². The van der Waals surface area contributed by atoms with E-state index in [-0.39, 0.29) is 11.8 Å². The summed E-state index contributed by atoms with van der Waals surface area (Å²) in [6.07, 6.45) is 0. The number of likely N-dealkylation sites (tertiary alicyclic amines) is 1. The van der Waals surface area contributed by atoms with Crippen LogP contribution in [0, 0.1) is 11.8 Å². The van der Waals surface area contributed by atoms with E-state index >= 15 is 0 Å².